The quantitative estimate of drug-likeness (QED) is 0.827. The predicted octanol–water partition coefficient (Wildman–Crippen LogP) is 1.01. The van der Waals surface area contributed by atoms with Gasteiger partial charge in [-0.1, -0.05) is 19.3 Å². The molecule has 102 valence electrons. The summed E-state index contributed by atoms with van der Waals surface area (Å²) in [6.45, 7) is 1.35. The number of nitriles is 1. The summed E-state index contributed by atoms with van der Waals surface area (Å²) in [5.74, 6) is -0.422. The summed E-state index contributed by atoms with van der Waals surface area (Å²) in [6, 6.07) is 1.51. The molecule has 1 saturated carbocycles. The average molecular weight is 272 g/mol. The lowest BCUT2D eigenvalue weighted by Crippen LogP contribution is -2.46. The number of carbonyl (C=O) groups is 1. The van der Waals surface area contributed by atoms with Gasteiger partial charge in [-0.15, -0.1) is 0 Å². The first-order valence-corrected chi connectivity index (χ1v) is 8.20. The van der Waals surface area contributed by atoms with Gasteiger partial charge in [-0.05, 0) is 25.7 Å². The van der Waals surface area contributed by atoms with Gasteiger partial charge in [0.1, 0.15) is 11.3 Å². The van der Waals surface area contributed by atoms with Crippen LogP contribution in [-0.4, -0.2) is 31.9 Å². The van der Waals surface area contributed by atoms with E-state index < -0.39 is 27.0 Å². The summed E-state index contributed by atoms with van der Waals surface area (Å²) in [5, 5.41) is 10.6. The van der Waals surface area contributed by atoms with E-state index in [-0.39, 0.29) is 5.92 Å². The Labute approximate surface area is 108 Å². The third-order valence-electron chi connectivity index (χ3n) is 3.57. The molecule has 1 fully saturated rings. The van der Waals surface area contributed by atoms with Crippen molar-refractivity contribution in [2.24, 2.45) is 5.92 Å². The highest BCUT2D eigenvalue weighted by molar-refractivity contribution is 7.92. The van der Waals surface area contributed by atoms with Gasteiger partial charge in [0.2, 0.25) is 5.91 Å². The topological polar surface area (TPSA) is 87.0 Å². The molecule has 0 heterocycles. The maximum absolute atomic E-state index is 11.8. The van der Waals surface area contributed by atoms with Gasteiger partial charge in [0, 0.05) is 6.26 Å². The minimum Gasteiger partial charge on any atom is -0.339 e. The Kier molecular flexibility index (Phi) is 5.15. The monoisotopic (exact) mass is 272 g/mol. The van der Waals surface area contributed by atoms with Crippen LogP contribution < -0.4 is 5.32 Å². The minimum atomic E-state index is -3.41. The molecule has 0 aromatic rings. The van der Waals surface area contributed by atoms with Crippen LogP contribution in [0.1, 0.15) is 39.0 Å². The molecule has 0 spiro atoms. The Morgan fingerprint density at radius 2 is 1.89 bits per heavy atom. The fourth-order valence-corrected chi connectivity index (χ4v) is 2.64. The second kappa shape index (κ2) is 6.19. The van der Waals surface area contributed by atoms with E-state index in [1.54, 1.807) is 0 Å². The zero-order chi connectivity index (χ0) is 13.8. The fraction of sp³-hybridized carbons (Fsp3) is 0.833. The Morgan fingerprint density at radius 3 is 2.33 bits per heavy atom. The molecule has 1 aliphatic rings. The summed E-state index contributed by atoms with van der Waals surface area (Å²) < 4.78 is 22.6. The van der Waals surface area contributed by atoms with Gasteiger partial charge in [-0.25, -0.2) is 8.42 Å². The molecule has 1 N–H and O–H groups in total. The standard InChI is InChI=1S/C12H20N2O3S/c1-9(18(2,16)17)12(15)14-11(8-13)10-6-4-3-5-7-10/h9-11H,3-7H2,1-2H3,(H,14,15). The van der Waals surface area contributed by atoms with E-state index in [0.29, 0.717) is 0 Å². The molecule has 2 atom stereocenters. The first-order chi connectivity index (χ1) is 8.36. The average Bonchev–Trinajstić information content (AvgIpc) is 2.34. The number of nitrogens with one attached hydrogen (secondary N) is 1. The van der Waals surface area contributed by atoms with Crippen molar-refractivity contribution in [3.63, 3.8) is 0 Å². The second-order valence-corrected chi connectivity index (χ2v) is 7.35. The van der Waals surface area contributed by atoms with Crippen LogP contribution in [0.3, 0.4) is 0 Å². The molecule has 1 amide bonds. The number of rotatable bonds is 4. The lowest BCUT2D eigenvalue weighted by Gasteiger charge is -2.27. The van der Waals surface area contributed by atoms with Gasteiger partial charge in [0.15, 0.2) is 9.84 Å². The highest BCUT2D eigenvalue weighted by atomic mass is 32.2. The van der Waals surface area contributed by atoms with Crippen molar-refractivity contribution in [3.8, 4) is 6.07 Å². The molecular weight excluding hydrogens is 252 g/mol. The van der Waals surface area contributed by atoms with E-state index in [1.807, 2.05) is 0 Å². The van der Waals surface area contributed by atoms with Crippen molar-refractivity contribution in [3.05, 3.63) is 0 Å². The highest BCUT2D eigenvalue weighted by Gasteiger charge is 2.29. The molecule has 0 aromatic heterocycles. The lowest BCUT2D eigenvalue weighted by atomic mass is 9.84. The van der Waals surface area contributed by atoms with Gasteiger partial charge in [-0.3, -0.25) is 4.79 Å². The van der Waals surface area contributed by atoms with E-state index in [0.717, 1.165) is 31.9 Å². The van der Waals surface area contributed by atoms with Crippen LogP contribution in [0.4, 0.5) is 0 Å². The Hall–Kier alpha value is -1.09. The summed E-state index contributed by atoms with van der Waals surface area (Å²) in [4.78, 5) is 11.8. The molecule has 5 nitrogen and oxygen atoms in total. The smallest absolute Gasteiger partial charge is 0.239 e. The zero-order valence-electron chi connectivity index (χ0n) is 10.8. The van der Waals surface area contributed by atoms with Crippen molar-refractivity contribution < 1.29 is 13.2 Å². The van der Waals surface area contributed by atoms with E-state index in [1.165, 1.54) is 13.3 Å². The molecular formula is C12H20N2O3S. The van der Waals surface area contributed by atoms with Gasteiger partial charge in [0.25, 0.3) is 0 Å². The van der Waals surface area contributed by atoms with Gasteiger partial charge >= 0.3 is 0 Å². The molecule has 0 saturated heterocycles. The van der Waals surface area contributed by atoms with E-state index in [9.17, 15) is 13.2 Å². The molecule has 18 heavy (non-hydrogen) atoms. The number of amides is 1. The van der Waals surface area contributed by atoms with Crippen LogP contribution in [-0.2, 0) is 14.6 Å². The van der Waals surface area contributed by atoms with E-state index in [4.69, 9.17) is 5.26 Å². The fourth-order valence-electron chi connectivity index (χ4n) is 2.19. The number of nitrogens with zero attached hydrogens (tertiary/aromatic N) is 1. The molecule has 1 rings (SSSR count). The van der Waals surface area contributed by atoms with E-state index >= 15 is 0 Å². The molecule has 0 aromatic carbocycles. The van der Waals surface area contributed by atoms with Crippen LogP contribution in [0.5, 0.6) is 0 Å². The zero-order valence-corrected chi connectivity index (χ0v) is 11.7. The van der Waals surface area contributed by atoms with Crippen LogP contribution in [0.15, 0.2) is 0 Å². The van der Waals surface area contributed by atoms with Crippen LogP contribution in [0, 0.1) is 17.2 Å². The highest BCUT2D eigenvalue weighted by Crippen LogP contribution is 2.26. The van der Waals surface area contributed by atoms with Crippen LogP contribution >= 0.6 is 0 Å². The third-order valence-corrected chi connectivity index (χ3v) is 5.07. The Morgan fingerprint density at radius 1 is 1.33 bits per heavy atom. The second-order valence-electron chi connectivity index (χ2n) is 4.99. The summed E-state index contributed by atoms with van der Waals surface area (Å²) in [7, 11) is -3.41. The predicted molar refractivity (Wildman–Crippen MR) is 68.4 cm³/mol. The van der Waals surface area contributed by atoms with Crippen LogP contribution in [0.2, 0.25) is 0 Å². The van der Waals surface area contributed by atoms with Crippen molar-refractivity contribution in [2.45, 2.75) is 50.3 Å². The molecule has 6 heteroatoms. The summed E-state index contributed by atoms with van der Waals surface area (Å²) in [6.07, 6.45) is 6.18. The van der Waals surface area contributed by atoms with Gasteiger partial charge < -0.3 is 5.32 Å². The van der Waals surface area contributed by atoms with Gasteiger partial charge in [0.05, 0.1) is 6.07 Å². The number of carbonyl (C=O) groups excluding carboxylic acids is 1. The van der Waals surface area contributed by atoms with Gasteiger partial charge in [-0.2, -0.15) is 5.26 Å². The van der Waals surface area contributed by atoms with E-state index in [2.05, 4.69) is 11.4 Å². The summed E-state index contributed by atoms with van der Waals surface area (Å²) in [5.41, 5.74) is 0. The number of hydrogen-bond donors (Lipinski definition) is 1. The SMILES string of the molecule is CC(C(=O)NC(C#N)C1CCCCC1)S(C)(=O)=O. The summed E-state index contributed by atoms with van der Waals surface area (Å²) >= 11 is 0. The normalized spacial score (nSPS) is 20.7. The largest absolute Gasteiger partial charge is 0.339 e. The molecule has 2 unspecified atom stereocenters. The molecule has 0 bridgehead atoms. The first-order valence-electron chi connectivity index (χ1n) is 6.25. The number of sulfone groups is 1. The molecule has 1 aliphatic carbocycles. The minimum absolute atomic E-state index is 0.152. The van der Waals surface area contributed by atoms with Crippen molar-refractivity contribution in [1.29, 1.82) is 5.26 Å². The first kappa shape index (κ1) is 15.0. The van der Waals surface area contributed by atoms with Crippen molar-refractivity contribution >= 4 is 15.7 Å². The van der Waals surface area contributed by atoms with Crippen molar-refractivity contribution in [2.75, 3.05) is 6.26 Å². The number of hydrogen-bond acceptors (Lipinski definition) is 4. The maximum Gasteiger partial charge on any atom is 0.239 e. The van der Waals surface area contributed by atoms with Crippen molar-refractivity contribution in [1.82, 2.24) is 5.32 Å². The maximum atomic E-state index is 11.8. The third kappa shape index (κ3) is 3.98. The van der Waals surface area contributed by atoms with Crippen LogP contribution in [0.25, 0.3) is 0 Å². The lowest BCUT2D eigenvalue weighted by molar-refractivity contribution is -0.121. The Balaban J connectivity index is 2.63. The molecule has 0 radical (unpaired) electrons. The molecule has 0 aliphatic heterocycles. The Bertz CT molecular complexity index is 433.